The van der Waals surface area contributed by atoms with Crippen molar-refractivity contribution in [3.8, 4) is 33.9 Å². The van der Waals surface area contributed by atoms with Gasteiger partial charge < -0.3 is 25.4 Å². The van der Waals surface area contributed by atoms with E-state index < -0.39 is 11.8 Å². The van der Waals surface area contributed by atoms with Gasteiger partial charge in [0.2, 0.25) is 11.8 Å². The molecule has 0 saturated heterocycles. The molecule has 4 N–H and O–H groups in total. The van der Waals surface area contributed by atoms with Gasteiger partial charge in [0.1, 0.15) is 22.8 Å². The van der Waals surface area contributed by atoms with Gasteiger partial charge in [-0.1, -0.05) is 0 Å². The van der Waals surface area contributed by atoms with Gasteiger partial charge in [0, 0.05) is 34.5 Å². The Morgan fingerprint density at radius 2 is 1.39 bits per heavy atom. The van der Waals surface area contributed by atoms with Crippen molar-refractivity contribution in [1.29, 1.82) is 0 Å². The van der Waals surface area contributed by atoms with Crippen LogP contribution in [0.15, 0.2) is 59.1 Å². The number of carbonyl (C=O) groups excluding carboxylic acids is 2. The lowest BCUT2D eigenvalue weighted by Gasteiger charge is -2.10. The van der Waals surface area contributed by atoms with E-state index in [-0.39, 0.29) is 0 Å². The van der Waals surface area contributed by atoms with Gasteiger partial charge in [-0.25, -0.2) is 0 Å². The summed E-state index contributed by atoms with van der Waals surface area (Å²) in [6.45, 7) is 0. The molecule has 2 aromatic carbocycles. The summed E-state index contributed by atoms with van der Waals surface area (Å²) in [5.74, 6) is 0.386. The quantitative estimate of drug-likeness (QED) is 0.494. The molecular formula is C23H19N3O5. The lowest BCUT2D eigenvalue weighted by molar-refractivity contribution is 0.0992. The second-order valence-corrected chi connectivity index (χ2v) is 6.74. The number of hydrogen-bond donors (Lipinski definition) is 2. The van der Waals surface area contributed by atoms with Crippen LogP contribution in [0.2, 0.25) is 0 Å². The Bertz CT molecular complexity index is 1330. The molecule has 31 heavy (non-hydrogen) atoms. The Labute approximate surface area is 177 Å². The van der Waals surface area contributed by atoms with Gasteiger partial charge in [-0.3, -0.25) is 14.6 Å². The second kappa shape index (κ2) is 7.83. The number of ether oxygens (including phenoxy) is 2. The number of nitrogens with two attached hydrogens (primary N) is 2. The normalized spacial score (nSPS) is 10.8. The zero-order valence-corrected chi connectivity index (χ0v) is 16.8. The molecule has 2 amide bonds. The molecule has 4 rings (SSSR count). The number of carbonyl (C=O) groups is 2. The largest absolute Gasteiger partial charge is 0.496 e. The van der Waals surface area contributed by atoms with Gasteiger partial charge in [-0.15, -0.1) is 0 Å². The molecule has 0 bridgehead atoms. The van der Waals surface area contributed by atoms with Crippen molar-refractivity contribution in [3.63, 3.8) is 0 Å². The van der Waals surface area contributed by atoms with Gasteiger partial charge in [0.25, 0.3) is 0 Å². The monoisotopic (exact) mass is 417 g/mol. The van der Waals surface area contributed by atoms with E-state index in [0.717, 1.165) is 0 Å². The molecule has 0 radical (unpaired) electrons. The molecule has 8 heteroatoms. The van der Waals surface area contributed by atoms with E-state index in [9.17, 15) is 9.59 Å². The number of hydrogen-bond acceptors (Lipinski definition) is 6. The van der Waals surface area contributed by atoms with Crippen LogP contribution in [0.4, 0.5) is 0 Å². The molecule has 0 atom stereocenters. The summed E-state index contributed by atoms with van der Waals surface area (Å²) >= 11 is 0. The smallest absolute Gasteiger partial charge is 0.248 e. The first-order valence-electron chi connectivity index (χ1n) is 9.28. The van der Waals surface area contributed by atoms with Gasteiger partial charge in [-0.05, 0) is 42.5 Å². The SMILES string of the molecule is COc1ccc(C(N)=O)cc1-c1cc2nccc(-c3cc(C(N)=O)ccc3OC)c2o1. The van der Waals surface area contributed by atoms with Crippen molar-refractivity contribution in [2.45, 2.75) is 0 Å². The van der Waals surface area contributed by atoms with Crippen LogP contribution in [-0.2, 0) is 0 Å². The maximum absolute atomic E-state index is 11.7. The average Bonchev–Trinajstić information content (AvgIpc) is 3.22. The molecule has 4 aromatic rings. The Hall–Kier alpha value is -4.33. The van der Waals surface area contributed by atoms with Gasteiger partial charge >= 0.3 is 0 Å². The van der Waals surface area contributed by atoms with Crippen molar-refractivity contribution < 1.29 is 23.5 Å². The van der Waals surface area contributed by atoms with Crippen LogP contribution in [0.1, 0.15) is 20.7 Å². The fourth-order valence-corrected chi connectivity index (χ4v) is 3.41. The minimum atomic E-state index is -0.563. The average molecular weight is 417 g/mol. The fourth-order valence-electron chi connectivity index (χ4n) is 3.41. The Morgan fingerprint density at radius 3 is 1.97 bits per heavy atom. The highest BCUT2D eigenvalue weighted by molar-refractivity contribution is 5.99. The van der Waals surface area contributed by atoms with E-state index >= 15 is 0 Å². The van der Waals surface area contributed by atoms with Crippen LogP contribution in [0.5, 0.6) is 11.5 Å². The number of methoxy groups -OCH3 is 2. The molecule has 0 unspecified atom stereocenters. The molecule has 0 saturated carbocycles. The highest BCUT2D eigenvalue weighted by Crippen LogP contribution is 2.40. The third-order valence-corrected chi connectivity index (χ3v) is 4.94. The fraction of sp³-hybridized carbons (Fsp3) is 0.0870. The maximum Gasteiger partial charge on any atom is 0.248 e. The Kier molecular flexibility index (Phi) is 5.04. The molecular weight excluding hydrogens is 398 g/mol. The van der Waals surface area contributed by atoms with Gasteiger partial charge in [0.05, 0.1) is 19.8 Å². The molecule has 0 aliphatic rings. The summed E-state index contributed by atoms with van der Waals surface area (Å²) in [6.07, 6.45) is 1.63. The molecule has 2 heterocycles. The van der Waals surface area contributed by atoms with E-state index in [2.05, 4.69) is 4.98 Å². The van der Waals surface area contributed by atoms with Crippen molar-refractivity contribution in [1.82, 2.24) is 4.98 Å². The molecule has 0 aliphatic heterocycles. The lowest BCUT2D eigenvalue weighted by Crippen LogP contribution is -2.11. The molecule has 0 aliphatic carbocycles. The van der Waals surface area contributed by atoms with Crippen molar-refractivity contribution in [2.75, 3.05) is 14.2 Å². The topological polar surface area (TPSA) is 131 Å². The summed E-state index contributed by atoms with van der Waals surface area (Å²) in [5, 5.41) is 0. The summed E-state index contributed by atoms with van der Waals surface area (Å²) in [4.78, 5) is 27.7. The van der Waals surface area contributed by atoms with Crippen molar-refractivity contribution >= 4 is 22.9 Å². The summed E-state index contributed by atoms with van der Waals surface area (Å²) in [6, 6.07) is 13.2. The predicted molar refractivity (Wildman–Crippen MR) is 115 cm³/mol. The highest BCUT2D eigenvalue weighted by atomic mass is 16.5. The van der Waals surface area contributed by atoms with Crippen LogP contribution >= 0.6 is 0 Å². The first kappa shape index (κ1) is 20.0. The number of fused-ring (bicyclic) bond motifs is 1. The first-order valence-corrected chi connectivity index (χ1v) is 9.28. The second-order valence-electron chi connectivity index (χ2n) is 6.74. The number of aromatic nitrogens is 1. The van der Waals surface area contributed by atoms with Gasteiger partial charge in [0.15, 0.2) is 5.58 Å². The van der Waals surface area contributed by atoms with Crippen molar-refractivity contribution in [2.24, 2.45) is 11.5 Å². The van der Waals surface area contributed by atoms with Crippen LogP contribution in [0.3, 0.4) is 0 Å². The molecule has 2 aromatic heterocycles. The number of primary amides is 2. The lowest BCUT2D eigenvalue weighted by atomic mass is 10.0. The van der Waals surface area contributed by atoms with Crippen LogP contribution < -0.4 is 20.9 Å². The zero-order valence-electron chi connectivity index (χ0n) is 16.8. The number of rotatable bonds is 6. The van der Waals surface area contributed by atoms with E-state index in [4.69, 9.17) is 25.4 Å². The van der Waals surface area contributed by atoms with E-state index in [1.807, 2.05) is 0 Å². The molecule has 156 valence electrons. The van der Waals surface area contributed by atoms with Crippen LogP contribution in [0, 0.1) is 0 Å². The number of furan rings is 1. The number of pyridine rings is 1. The minimum Gasteiger partial charge on any atom is -0.496 e. The highest BCUT2D eigenvalue weighted by Gasteiger charge is 2.19. The third-order valence-electron chi connectivity index (χ3n) is 4.94. The number of amides is 2. The van der Waals surface area contributed by atoms with E-state index in [1.165, 1.54) is 14.2 Å². The first-order chi connectivity index (χ1) is 14.9. The Balaban J connectivity index is 1.94. The zero-order chi connectivity index (χ0) is 22.1. The maximum atomic E-state index is 11.7. The van der Waals surface area contributed by atoms with Crippen molar-refractivity contribution in [3.05, 3.63) is 65.9 Å². The molecule has 0 fully saturated rings. The minimum absolute atomic E-state index is 0.320. The standard InChI is InChI=1S/C23H19N3O5/c1-29-18-5-3-12(22(24)27)9-15(18)14-7-8-26-17-11-20(31-21(14)17)16-10-13(23(25)28)4-6-19(16)30-2/h3-11H,1-2H3,(H2,24,27)(H2,25,28). The van der Waals surface area contributed by atoms with Gasteiger partial charge in [-0.2, -0.15) is 0 Å². The van der Waals surface area contributed by atoms with E-state index in [0.29, 0.717) is 56.2 Å². The third kappa shape index (κ3) is 3.55. The predicted octanol–water partition coefficient (Wildman–Crippen LogP) is 3.38. The van der Waals surface area contributed by atoms with Crippen LogP contribution in [-0.4, -0.2) is 31.0 Å². The molecule has 8 nitrogen and oxygen atoms in total. The van der Waals surface area contributed by atoms with Crippen LogP contribution in [0.25, 0.3) is 33.6 Å². The number of nitrogens with zero attached hydrogens (tertiary/aromatic N) is 1. The summed E-state index contributed by atoms with van der Waals surface area (Å²) in [7, 11) is 3.06. The summed E-state index contributed by atoms with van der Waals surface area (Å²) < 4.78 is 17.0. The summed E-state index contributed by atoms with van der Waals surface area (Å²) in [5.41, 5.74) is 14.4. The van der Waals surface area contributed by atoms with E-state index in [1.54, 1.807) is 54.7 Å². The molecule has 0 spiro atoms. The number of benzene rings is 2. The Morgan fingerprint density at radius 1 is 0.806 bits per heavy atom.